The fourth-order valence-electron chi connectivity index (χ4n) is 1.53. The second-order valence-corrected chi connectivity index (χ2v) is 3.65. The molecule has 1 heterocycles. The highest BCUT2D eigenvalue weighted by Gasteiger charge is 2.26. The van der Waals surface area contributed by atoms with Gasteiger partial charge in [-0.05, 0) is 24.0 Å². The van der Waals surface area contributed by atoms with Gasteiger partial charge in [-0.25, -0.2) is 0 Å². The first-order valence-corrected chi connectivity index (χ1v) is 4.69. The molecule has 1 unspecified atom stereocenters. The Kier molecular flexibility index (Phi) is 2.27. The molecule has 13 heavy (non-hydrogen) atoms. The maximum absolute atomic E-state index is 8.98. The van der Waals surface area contributed by atoms with Gasteiger partial charge in [-0.1, -0.05) is 18.9 Å². The van der Waals surface area contributed by atoms with E-state index in [-0.39, 0.29) is 5.92 Å². The van der Waals surface area contributed by atoms with Crippen molar-refractivity contribution in [3.05, 3.63) is 30.1 Å². The van der Waals surface area contributed by atoms with E-state index in [1.165, 1.54) is 12.8 Å². The van der Waals surface area contributed by atoms with Gasteiger partial charge < -0.3 is 0 Å². The second kappa shape index (κ2) is 3.57. The lowest BCUT2D eigenvalue weighted by Gasteiger charge is -2.06. The first-order chi connectivity index (χ1) is 6.40. The third-order valence-corrected chi connectivity index (χ3v) is 2.51. The maximum atomic E-state index is 8.98. The first kappa shape index (κ1) is 8.25. The Morgan fingerprint density at radius 3 is 3.00 bits per heavy atom. The van der Waals surface area contributed by atoms with Crippen LogP contribution in [-0.2, 0) is 0 Å². The molecule has 1 fully saturated rings. The average Bonchev–Trinajstić information content (AvgIpc) is 2.99. The zero-order chi connectivity index (χ0) is 9.10. The van der Waals surface area contributed by atoms with Crippen molar-refractivity contribution in [2.24, 2.45) is 5.92 Å². The SMILES string of the molecule is N#CC(CC1CC1)c1cccnc1. The molecule has 0 spiro atoms. The molecule has 1 aliphatic rings. The summed E-state index contributed by atoms with van der Waals surface area (Å²) in [6.45, 7) is 0. The molecule has 2 heteroatoms. The van der Waals surface area contributed by atoms with Crippen molar-refractivity contribution in [2.75, 3.05) is 0 Å². The smallest absolute Gasteiger partial charge is 0.0730 e. The molecule has 1 saturated carbocycles. The predicted molar refractivity (Wildman–Crippen MR) is 49.9 cm³/mol. The van der Waals surface area contributed by atoms with Crippen molar-refractivity contribution in [1.82, 2.24) is 4.98 Å². The number of hydrogen-bond donors (Lipinski definition) is 0. The number of nitriles is 1. The molecule has 1 aromatic rings. The minimum absolute atomic E-state index is 0.0567. The van der Waals surface area contributed by atoms with Crippen LogP contribution >= 0.6 is 0 Å². The number of hydrogen-bond acceptors (Lipinski definition) is 2. The van der Waals surface area contributed by atoms with E-state index in [4.69, 9.17) is 5.26 Å². The van der Waals surface area contributed by atoms with Gasteiger partial charge in [-0.3, -0.25) is 4.98 Å². The predicted octanol–water partition coefficient (Wildman–Crippen LogP) is 2.49. The molecular weight excluding hydrogens is 160 g/mol. The van der Waals surface area contributed by atoms with Gasteiger partial charge in [0, 0.05) is 12.4 Å². The van der Waals surface area contributed by atoms with Gasteiger partial charge >= 0.3 is 0 Å². The summed E-state index contributed by atoms with van der Waals surface area (Å²) in [5.74, 6) is 0.853. The van der Waals surface area contributed by atoms with Crippen LogP contribution < -0.4 is 0 Å². The number of pyridine rings is 1. The Morgan fingerprint density at radius 2 is 2.46 bits per heavy atom. The van der Waals surface area contributed by atoms with Crippen LogP contribution in [0.5, 0.6) is 0 Å². The van der Waals surface area contributed by atoms with E-state index in [1.54, 1.807) is 12.4 Å². The summed E-state index contributed by atoms with van der Waals surface area (Å²) in [4.78, 5) is 4.03. The number of rotatable bonds is 3. The zero-order valence-corrected chi connectivity index (χ0v) is 7.48. The standard InChI is InChI=1S/C11H12N2/c12-7-11(6-9-3-4-9)10-2-1-5-13-8-10/h1-2,5,8-9,11H,3-4,6H2. The largest absolute Gasteiger partial charge is 0.264 e. The van der Waals surface area contributed by atoms with E-state index in [9.17, 15) is 0 Å². The third kappa shape index (κ3) is 2.06. The van der Waals surface area contributed by atoms with E-state index in [2.05, 4.69) is 11.1 Å². The maximum Gasteiger partial charge on any atom is 0.0730 e. The van der Waals surface area contributed by atoms with Crippen molar-refractivity contribution in [3.63, 3.8) is 0 Å². The third-order valence-electron chi connectivity index (χ3n) is 2.51. The Labute approximate surface area is 78.2 Å². The van der Waals surface area contributed by atoms with Crippen molar-refractivity contribution in [2.45, 2.75) is 25.2 Å². The van der Waals surface area contributed by atoms with Crippen molar-refractivity contribution >= 4 is 0 Å². The van der Waals surface area contributed by atoms with Crippen LogP contribution in [0, 0.1) is 17.2 Å². The molecule has 0 saturated heterocycles. The summed E-state index contributed by atoms with van der Waals surface area (Å²) in [5.41, 5.74) is 1.07. The van der Waals surface area contributed by atoms with E-state index < -0.39 is 0 Å². The minimum atomic E-state index is 0.0567. The van der Waals surface area contributed by atoms with Gasteiger partial charge in [0.25, 0.3) is 0 Å². The van der Waals surface area contributed by atoms with Gasteiger partial charge in [-0.15, -0.1) is 0 Å². The normalized spacial score (nSPS) is 17.8. The van der Waals surface area contributed by atoms with Crippen molar-refractivity contribution < 1.29 is 0 Å². The Morgan fingerprint density at radius 1 is 1.62 bits per heavy atom. The molecule has 0 radical (unpaired) electrons. The van der Waals surface area contributed by atoms with Crippen LogP contribution in [-0.4, -0.2) is 4.98 Å². The fourth-order valence-corrected chi connectivity index (χ4v) is 1.53. The summed E-state index contributed by atoms with van der Waals surface area (Å²) in [6.07, 6.45) is 7.17. The van der Waals surface area contributed by atoms with Crippen molar-refractivity contribution in [3.8, 4) is 6.07 Å². The molecule has 0 N–H and O–H groups in total. The van der Waals surface area contributed by atoms with Crippen LogP contribution in [0.3, 0.4) is 0 Å². The molecular formula is C11H12N2. The molecule has 2 rings (SSSR count). The number of nitrogens with zero attached hydrogens (tertiary/aromatic N) is 2. The fraction of sp³-hybridized carbons (Fsp3) is 0.455. The van der Waals surface area contributed by atoms with Crippen LogP contribution in [0.15, 0.2) is 24.5 Å². The van der Waals surface area contributed by atoms with Crippen LogP contribution in [0.1, 0.15) is 30.7 Å². The topological polar surface area (TPSA) is 36.7 Å². The van der Waals surface area contributed by atoms with Gasteiger partial charge in [0.1, 0.15) is 0 Å². The van der Waals surface area contributed by atoms with E-state index in [1.807, 2.05) is 12.1 Å². The highest BCUT2D eigenvalue weighted by molar-refractivity contribution is 5.21. The molecule has 0 amide bonds. The molecule has 2 nitrogen and oxygen atoms in total. The molecule has 0 bridgehead atoms. The quantitative estimate of drug-likeness (QED) is 0.702. The second-order valence-electron chi connectivity index (χ2n) is 3.65. The molecule has 1 aliphatic carbocycles. The monoisotopic (exact) mass is 172 g/mol. The Bertz CT molecular complexity index is 309. The molecule has 1 atom stereocenters. The van der Waals surface area contributed by atoms with E-state index in [0.717, 1.165) is 17.9 Å². The average molecular weight is 172 g/mol. The minimum Gasteiger partial charge on any atom is -0.264 e. The summed E-state index contributed by atoms with van der Waals surface area (Å²) in [7, 11) is 0. The summed E-state index contributed by atoms with van der Waals surface area (Å²) in [6, 6.07) is 6.23. The Hall–Kier alpha value is -1.36. The molecule has 66 valence electrons. The zero-order valence-electron chi connectivity index (χ0n) is 7.48. The van der Waals surface area contributed by atoms with Crippen LogP contribution in [0.2, 0.25) is 0 Å². The molecule has 0 aromatic carbocycles. The van der Waals surface area contributed by atoms with Crippen LogP contribution in [0.25, 0.3) is 0 Å². The number of aromatic nitrogens is 1. The Balaban J connectivity index is 2.08. The van der Waals surface area contributed by atoms with Gasteiger partial charge in [0.05, 0.1) is 12.0 Å². The highest BCUT2D eigenvalue weighted by Crippen LogP contribution is 2.38. The highest BCUT2D eigenvalue weighted by atomic mass is 14.6. The van der Waals surface area contributed by atoms with Gasteiger partial charge in [0.2, 0.25) is 0 Å². The lowest BCUT2D eigenvalue weighted by atomic mass is 9.96. The van der Waals surface area contributed by atoms with Gasteiger partial charge in [0.15, 0.2) is 0 Å². The summed E-state index contributed by atoms with van der Waals surface area (Å²) >= 11 is 0. The summed E-state index contributed by atoms with van der Waals surface area (Å²) < 4.78 is 0. The lowest BCUT2D eigenvalue weighted by Crippen LogP contribution is -1.97. The lowest BCUT2D eigenvalue weighted by molar-refractivity contribution is 0.669. The van der Waals surface area contributed by atoms with Crippen molar-refractivity contribution in [1.29, 1.82) is 5.26 Å². The van der Waals surface area contributed by atoms with E-state index in [0.29, 0.717) is 0 Å². The molecule has 0 aliphatic heterocycles. The molecule has 1 aromatic heterocycles. The van der Waals surface area contributed by atoms with E-state index >= 15 is 0 Å². The van der Waals surface area contributed by atoms with Crippen LogP contribution in [0.4, 0.5) is 0 Å². The first-order valence-electron chi connectivity index (χ1n) is 4.69. The summed E-state index contributed by atoms with van der Waals surface area (Å²) in [5, 5.41) is 8.98. The van der Waals surface area contributed by atoms with Gasteiger partial charge in [-0.2, -0.15) is 5.26 Å².